The van der Waals surface area contributed by atoms with Gasteiger partial charge in [-0.2, -0.15) is 20.6 Å². The lowest BCUT2D eigenvalue weighted by atomic mass is 9.57. The van der Waals surface area contributed by atoms with Crippen LogP contribution in [0.15, 0.2) is 72.7 Å². The number of fused-ring (bicyclic) bond motifs is 3. The van der Waals surface area contributed by atoms with E-state index in [1.165, 1.54) is 0 Å². The number of Topliss-reactive ketones (excluding diaryl/α,β-unsaturated/α-hetero) is 1. The van der Waals surface area contributed by atoms with Crippen LogP contribution in [0.1, 0.15) is 37.2 Å². The molecule has 0 fully saturated rings. The number of rotatable bonds is 3. The highest BCUT2D eigenvalue weighted by Gasteiger charge is 2.50. The minimum atomic E-state index is -0.505. The van der Waals surface area contributed by atoms with Gasteiger partial charge in [0.25, 0.3) is 0 Å². The molecule has 6 rings (SSSR count). The zero-order chi connectivity index (χ0) is 25.7. The summed E-state index contributed by atoms with van der Waals surface area (Å²) in [4.78, 5) is 17.1. The molecule has 0 aliphatic heterocycles. The molecule has 2 aliphatic carbocycles. The molecule has 0 spiro atoms. The Balaban J connectivity index is 1.56. The third-order valence-electron chi connectivity index (χ3n) is 7.99. The number of nitriles is 1. The van der Waals surface area contributed by atoms with Crippen molar-refractivity contribution >= 4 is 5.78 Å². The van der Waals surface area contributed by atoms with Gasteiger partial charge in [0.05, 0.1) is 34.5 Å². The van der Waals surface area contributed by atoms with Crippen LogP contribution in [0.25, 0.3) is 28.1 Å². The van der Waals surface area contributed by atoms with Gasteiger partial charge in [0.2, 0.25) is 0 Å². The largest absolute Gasteiger partial charge is 0.293 e. The van der Waals surface area contributed by atoms with Gasteiger partial charge in [0.1, 0.15) is 6.07 Å². The van der Waals surface area contributed by atoms with E-state index in [1.54, 1.807) is 18.6 Å². The van der Waals surface area contributed by atoms with Crippen molar-refractivity contribution in [3.05, 3.63) is 89.7 Å². The lowest BCUT2D eigenvalue weighted by Crippen LogP contribution is -2.46. The van der Waals surface area contributed by atoms with Crippen molar-refractivity contribution in [3.8, 4) is 34.1 Å². The van der Waals surface area contributed by atoms with Crippen molar-refractivity contribution in [3.63, 3.8) is 0 Å². The van der Waals surface area contributed by atoms with Crippen LogP contribution in [0.2, 0.25) is 0 Å². The molecule has 182 valence electrons. The average molecular weight is 487 g/mol. The van der Waals surface area contributed by atoms with Crippen LogP contribution in [0.4, 0.5) is 0 Å². The number of pyridine rings is 1. The molecule has 4 aromatic rings. The number of nitrogens with zero attached hydrogens (tertiary/aromatic N) is 6. The normalized spacial score (nSPS) is 22.5. The Labute approximate surface area is 215 Å². The van der Waals surface area contributed by atoms with Crippen LogP contribution in [-0.4, -0.2) is 30.7 Å². The van der Waals surface area contributed by atoms with Crippen molar-refractivity contribution < 1.29 is 4.79 Å². The Kier molecular flexibility index (Phi) is 5.34. The maximum atomic E-state index is 12.9. The number of aryl methyl sites for hydroxylation is 1. The van der Waals surface area contributed by atoms with Gasteiger partial charge in [-0.3, -0.25) is 9.78 Å². The molecule has 0 bridgehead atoms. The standard InChI is InChI=1S/C30H26N6O/c1-18-14-22(17-33-34-18)20-4-6-24(7-5-20)36-29-25(27(35-36)21-10-12-32-13-11-21)8-9-26-19(2)28(37)23(16-31)15-30(26,29)3/h4-7,10-15,17,19,26H,8-9H2,1-3H3/t19-,26-,30-/m1/s1. The third-order valence-corrected chi connectivity index (χ3v) is 7.99. The number of allylic oxidation sites excluding steroid dienone is 2. The zero-order valence-corrected chi connectivity index (χ0v) is 21.0. The highest BCUT2D eigenvalue weighted by molar-refractivity contribution is 6.02. The summed E-state index contributed by atoms with van der Waals surface area (Å²) < 4.78 is 2.02. The van der Waals surface area contributed by atoms with Crippen molar-refractivity contribution in [2.75, 3.05) is 0 Å². The van der Waals surface area contributed by atoms with E-state index in [2.05, 4.69) is 52.4 Å². The van der Waals surface area contributed by atoms with E-state index in [4.69, 9.17) is 5.10 Å². The van der Waals surface area contributed by atoms with Gasteiger partial charge in [-0.05, 0) is 61.6 Å². The van der Waals surface area contributed by atoms with E-state index in [-0.39, 0.29) is 23.2 Å². The predicted octanol–water partition coefficient (Wildman–Crippen LogP) is 5.19. The summed E-state index contributed by atoms with van der Waals surface area (Å²) in [6, 6.07) is 16.4. The highest BCUT2D eigenvalue weighted by atomic mass is 16.1. The molecule has 3 heterocycles. The Morgan fingerprint density at radius 2 is 1.84 bits per heavy atom. The third kappa shape index (κ3) is 3.60. The van der Waals surface area contributed by atoms with Gasteiger partial charge in [0.15, 0.2) is 5.78 Å². The first-order valence-corrected chi connectivity index (χ1v) is 12.5. The average Bonchev–Trinajstić information content (AvgIpc) is 3.32. The van der Waals surface area contributed by atoms with Gasteiger partial charge < -0.3 is 0 Å². The molecule has 0 N–H and O–H groups in total. The summed E-state index contributed by atoms with van der Waals surface area (Å²) in [6.07, 6.45) is 8.90. The minimum Gasteiger partial charge on any atom is -0.293 e. The predicted molar refractivity (Wildman–Crippen MR) is 140 cm³/mol. The zero-order valence-electron chi connectivity index (χ0n) is 21.0. The summed E-state index contributed by atoms with van der Waals surface area (Å²) in [5.41, 5.74) is 7.73. The van der Waals surface area contributed by atoms with Crippen LogP contribution in [0, 0.1) is 30.1 Å². The first kappa shape index (κ1) is 23.0. The number of carbonyl (C=O) groups is 1. The number of aromatic nitrogens is 5. The Bertz CT molecular complexity index is 1600. The van der Waals surface area contributed by atoms with E-state index in [0.717, 1.165) is 57.9 Å². The summed E-state index contributed by atoms with van der Waals surface area (Å²) >= 11 is 0. The molecule has 37 heavy (non-hydrogen) atoms. The second-order valence-corrected chi connectivity index (χ2v) is 10.2. The molecular formula is C30H26N6O. The molecule has 0 saturated carbocycles. The Hall–Kier alpha value is -4.44. The quantitative estimate of drug-likeness (QED) is 0.395. The monoisotopic (exact) mass is 486 g/mol. The van der Waals surface area contributed by atoms with Gasteiger partial charge in [-0.1, -0.05) is 32.1 Å². The first-order chi connectivity index (χ1) is 17.9. The lowest BCUT2D eigenvalue weighted by Gasteiger charge is -2.45. The van der Waals surface area contributed by atoms with E-state index in [1.807, 2.05) is 42.8 Å². The smallest absolute Gasteiger partial charge is 0.176 e. The molecule has 0 radical (unpaired) electrons. The first-order valence-electron chi connectivity index (χ1n) is 12.5. The maximum absolute atomic E-state index is 12.9. The molecular weight excluding hydrogens is 460 g/mol. The maximum Gasteiger partial charge on any atom is 0.176 e. The molecule has 0 unspecified atom stereocenters. The minimum absolute atomic E-state index is 0.0561. The van der Waals surface area contributed by atoms with Crippen molar-refractivity contribution in [1.82, 2.24) is 25.0 Å². The molecule has 1 aromatic carbocycles. The van der Waals surface area contributed by atoms with Gasteiger partial charge in [-0.25, -0.2) is 4.68 Å². The second-order valence-electron chi connectivity index (χ2n) is 10.2. The summed E-state index contributed by atoms with van der Waals surface area (Å²) in [7, 11) is 0. The van der Waals surface area contributed by atoms with Gasteiger partial charge >= 0.3 is 0 Å². The summed E-state index contributed by atoms with van der Waals surface area (Å²) in [6.45, 7) is 6.05. The molecule has 2 aliphatic rings. The van der Waals surface area contributed by atoms with Crippen molar-refractivity contribution in [1.29, 1.82) is 5.26 Å². The number of carbonyl (C=O) groups excluding carboxylic acids is 1. The van der Waals surface area contributed by atoms with E-state index in [9.17, 15) is 10.1 Å². The Morgan fingerprint density at radius 1 is 1.08 bits per heavy atom. The summed E-state index contributed by atoms with van der Waals surface area (Å²) in [5, 5.41) is 23.1. The van der Waals surface area contributed by atoms with Gasteiger partial charge in [-0.15, -0.1) is 0 Å². The van der Waals surface area contributed by atoms with Crippen LogP contribution in [0.3, 0.4) is 0 Å². The van der Waals surface area contributed by atoms with Crippen molar-refractivity contribution in [2.45, 2.75) is 39.0 Å². The molecule has 7 heteroatoms. The van der Waals surface area contributed by atoms with Crippen LogP contribution in [0.5, 0.6) is 0 Å². The molecule has 3 aromatic heterocycles. The molecule has 0 saturated heterocycles. The van der Waals surface area contributed by atoms with Crippen molar-refractivity contribution in [2.24, 2.45) is 11.8 Å². The fourth-order valence-corrected chi connectivity index (χ4v) is 6.20. The molecule has 0 amide bonds. The number of benzene rings is 1. The van der Waals surface area contributed by atoms with Crippen LogP contribution >= 0.6 is 0 Å². The number of hydrogen-bond donors (Lipinski definition) is 0. The van der Waals surface area contributed by atoms with E-state index >= 15 is 0 Å². The van der Waals surface area contributed by atoms with E-state index < -0.39 is 5.41 Å². The second kappa shape index (κ2) is 8.59. The SMILES string of the molecule is Cc1cc(-c2ccc(-n3nc(-c4ccncc4)c4c3[C@]3(C)C=C(C#N)C(=O)[C@H](C)[C@H]3CC4)cc2)cnn1. The van der Waals surface area contributed by atoms with E-state index in [0.29, 0.717) is 0 Å². The van der Waals surface area contributed by atoms with Gasteiger partial charge in [0, 0.05) is 40.4 Å². The molecule has 3 atom stereocenters. The Morgan fingerprint density at radius 3 is 2.54 bits per heavy atom. The van der Waals surface area contributed by atoms with Crippen LogP contribution < -0.4 is 0 Å². The fourth-order valence-electron chi connectivity index (χ4n) is 6.20. The van der Waals surface area contributed by atoms with Crippen LogP contribution in [-0.2, 0) is 16.6 Å². The highest BCUT2D eigenvalue weighted by Crippen LogP contribution is 2.52. The number of hydrogen-bond acceptors (Lipinski definition) is 6. The fraction of sp³-hybridized carbons (Fsp3) is 0.267. The summed E-state index contributed by atoms with van der Waals surface area (Å²) in [5.74, 6) is -0.190. The topological polar surface area (TPSA) is 97.3 Å². The molecule has 7 nitrogen and oxygen atoms in total. The number of ketones is 1. The lowest BCUT2D eigenvalue weighted by molar-refractivity contribution is -0.121.